The molecule has 2 aromatic heterocycles. The van der Waals surface area contributed by atoms with Crippen molar-refractivity contribution in [1.29, 1.82) is 0 Å². The molecule has 1 aromatic carbocycles. The lowest BCUT2D eigenvalue weighted by Crippen LogP contribution is -2.17. The molecule has 0 spiro atoms. The third kappa shape index (κ3) is 5.66. The Hall–Kier alpha value is -2.66. The standard InChI is InChI=1S/C22H28N4O/c1-22(2,3)21-13-19(24-25-21)15-26(4)14-17-8-7-10-20(12-17)27-16-18-9-5-6-11-23-18/h5-13H,14-16H2,1-4H3,(H,24,25). The van der Waals surface area contributed by atoms with E-state index in [9.17, 15) is 0 Å². The van der Waals surface area contributed by atoms with Gasteiger partial charge in [0.15, 0.2) is 0 Å². The molecule has 5 nitrogen and oxygen atoms in total. The van der Waals surface area contributed by atoms with E-state index < -0.39 is 0 Å². The molecular weight excluding hydrogens is 336 g/mol. The van der Waals surface area contributed by atoms with Gasteiger partial charge in [-0.1, -0.05) is 39.0 Å². The summed E-state index contributed by atoms with van der Waals surface area (Å²) in [7, 11) is 2.11. The molecule has 0 bridgehead atoms. The molecule has 0 unspecified atom stereocenters. The van der Waals surface area contributed by atoms with E-state index in [0.29, 0.717) is 6.61 Å². The van der Waals surface area contributed by atoms with Crippen LogP contribution in [0.25, 0.3) is 0 Å². The van der Waals surface area contributed by atoms with Gasteiger partial charge in [-0.3, -0.25) is 15.0 Å². The number of hydrogen-bond donors (Lipinski definition) is 1. The molecule has 3 rings (SSSR count). The van der Waals surface area contributed by atoms with Crippen molar-refractivity contribution in [3.63, 3.8) is 0 Å². The fraction of sp³-hybridized carbons (Fsp3) is 0.364. The number of nitrogens with zero attached hydrogens (tertiary/aromatic N) is 3. The molecule has 0 amide bonds. The van der Waals surface area contributed by atoms with Gasteiger partial charge in [-0.2, -0.15) is 5.10 Å². The highest BCUT2D eigenvalue weighted by Crippen LogP contribution is 2.21. The minimum absolute atomic E-state index is 0.0621. The van der Waals surface area contributed by atoms with Crippen LogP contribution in [0.3, 0.4) is 0 Å². The van der Waals surface area contributed by atoms with E-state index in [2.05, 4.69) is 66.1 Å². The lowest BCUT2D eigenvalue weighted by atomic mass is 9.92. The van der Waals surface area contributed by atoms with Crippen LogP contribution in [-0.2, 0) is 25.1 Å². The number of rotatable bonds is 7. The van der Waals surface area contributed by atoms with Crippen molar-refractivity contribution >= 4 is 0 Å². The minimum atomic E-state index is 0.0621. The van der Waals surface area contributed by atoms with Crippen LogP contribution in [0.1, 0.15) is 43.4 Å². The van der Waals surface area contributed by atoms with E-state index in [1.54, 1.807) is 6.20 Å². The van der Waals surface area contributed by atoms with Crippen molar-refractivity contribution in [2.24, 2.45) is 0 Å². The summed E-state index contributed by atoms with van der Waals surface area (Å²) >= 11 is 0. The van der Waals surface area contributed by atoms with Crippen LogP contribution in [0.4, 0.5) is 0 Å². The molecule has 5 heteroatoms. The maximum absolute atomic E-state index is 5.88. The number of benzene rings is 1. The highest BCUT2D eigenvalue weighted by Gasteiger charge is 2.17. The molecular formula is C22H28N4O. The van der Waals surface area contributed by atoms with E-state index in [0.717, 1.165) is 35.9 Å². The first kappa shape index (κ1) is 19.1. The first-order chi connectivity index (χ1) is 12.9. The number of aromatic nitrogens is 3. The van der Waals surface area contributed by atoms with Gasteiger partial charge in [-0.15, -0.1) is 0 Å². The molecule has 0 aliphatic carbocycles. The van der Waals surface area contributed by atoms with Crippen molar-refractivity contribution in [3.8, 4) is 5.75 Å². The number of nitrogens with one attached hydrogen (secondary N) is 1. The average molecular weight is 364 g/mol. The summed E-state index contributed by atoms with van der Waals surface area (Å²) in [6.07, 6.45) is 1.78. The summed E-state index contributed by atoms with van der Waals surface area (Å²) in [4.78, 5) is 6.55. The first-order valence-electron chi connectivity index (χ1n) is 9.25. The molecule has 3 aromatic rings. The van der Waals surface area contributed by atoms with Gasteiger partial charge in [0.1, 0.15) is 12.4 Å². The Labute approximate surface area is 161 Å². The minimum Gasteiger partial charge on any atom is -0.487 e. The maximum atomic E-state index is 5.88. The summed E-state index contributed by atoms with van der Waals surface area (Å²) in [6, 6.07) is 16.2. The molecule has 0 radical (unpaired) electrons. The SMILES string of the molecule is CN(Cc1cccc(OCc2ccccn2)c1)Cc1cc(C(C)(C)C)n[nH]1. The van der Waals surface area contributed by atoms with Crippen molar-refractivity contribution in [1.82, 2.24) is 20.1 Å². The second-order valence-electron chi connectivity index (χ2n) is 7.96. The smallest absolute Gasteiger partial charge is 0.130 e. The monoisotopic (exact) mass is 364 g/mol. The van der Waals surface area contributed by atoms with Gasteiger partial charge in [-0.05, 0) is 42.9 Å². The maximum Gasteiger partial charge on any atom is 0.130 e. The summed E-state index contributed by atoms with van der Waals surface area (Å²) in [5.74, 6) is 0.864. The van der Waals surface area contributed by atoms with Crippen LogP contribution in [0, 0.1) is 0 Å². The van der Waals surface area contributed by atoms with E-state index in [4.69, 9.17) is 4.74 Å². The average Bonchev–Trinajstić information content (AvgIpc) is 3.10. The number of ether oxygens (including phenoxy) is 1. The van der Waals surface area contributed by atoms with E-state index >= 15 is 0 Å². The Kier molecular flexibility index (Phi) is 5.91. The van der Waals surface area contributed by atoms with Crippen LogP contribution in [-0.4, -0.2) is 27.1 Å². The molecule has 27 heavy (non-hydrogen) atoms. The normalized spacial score (nSPS) is 11.7. The van der Waals surface area contributed by atoms with Gasteiger partial charge >= 0.3 is 0 Å². The lowest BCUT2D eigenvalue weighted by Gasteiger charge is -2.16. The van der Waals surface area contributed by atoms with Gasteiger partial charge in [0, 0.05) is 30.4 Å². The molecule has 2 heterocycles. The predicted octanol–water partition coefficient (Wildman–Crippen LogP) is 4.31. The molecule has 1 N–H and O–H groups in total. The van der Waals surface area contributed by atoms with Crippen molar-refractivity contribution in [3.05, 3.63) is 77.4 Å². The van der Waals surface area contributed by atoms with Crippen LogP contribution in [0.2, 0.25) is 0 Å². The molecule has 0 saturated heterocycles. The molecule has 0 saturated carbocycles. The van der Waals surface area contributed by atoms with Crippen LogP contribution >= 0.6 is 0 Å². The molecule has 0 atom stereocenters. The number of pyridine rings is 1. The van der Waals surface area contributed by atoms with Crippen molar-refractivity contribution < 1.29 is 4.74 Å². The van der Waals surface area contributed by atoms with Crippen molar-refractivity contribution in [2.75, 3.05) is 7.05 Å². The second-order valence-corrected chi connectivity index (χ2v) is 7.96. The van der Waals surface area contributed by atoms with Crippen molar-refractivity contribution in [2.45, 2.75) is 45.9 Å². The summed E-state index contributed by atoms with van der Waals surface area (Å²) in [5, 5.41) is 7.59. The van der Waals surface area contributed by atoms with Gasteiger partial charge in [0.25, 0.3) is 0 Å². The summed E-state index contributed by atoms with van der Waals surface area (Å²) in [6.45, 7) is 8.66. The third-order valence-electron chi connectivity index (χ3n) is 4.30. The van der Waals surface area contributed by atoms with Crippen LogP contribution in [0.5, 0.6) is 5.75 Å². The van der Waals surface area contributed by atoms with E-state index in [1.165, 1.54) is 5.56 Å². The zero-order valence-corrected chi connectivity index (χ0v) is 16.6. The Morgan fingerprint density at radius 1 is 1.04 bits per heavy atom. The van der Waals surface area contributed by atoms with Gasteiger partial charge in [0.2, 0.25) is 0 Å². The highest BCUT2D eigenvalue weighted by molar-refractivity contribution is 5.28. The van der Waals surface area contributed by atoms with Crippen LogP contribution < -0.4 is 4.74 Å². The van der Waals surface area contributed by atoms with Crippen LogP contribution in [0.15, 0.2) is 54.7 Å². The Morgan fingerprint density at radius 3 is 2.59 bits per heavy atom. The van der Waals surface area contributed by atoms with Gasteiger partial charge in [-0.25, -0.2) is 0 Å². The molecule has 0 aliphatic rings. The fourth-order valence-corrected chi connectivity index (χ4v) is 2.86. The second kappa shape index (κ2) is 8.35. The number of aromatic amines is 1. The van der Waals surface area contributed by atoms with E-state index in [1.807, 2.05) is 30.3 Å². The molecule has 0 fully saturated rings. The van der Waals surface area contributed by atoms with Gasteiger partial charge < -0.3 is 4.74 Å². The Bertz CT molecular complexity index is 852. The Morgan fingerprint density at radius 2 is 1.89 bits per heavy atom. The largest absolute Gasteiger partial charge is 0.487 e. The molecule has 142 valence electrons. The summed E-state index contributed by atoms with van der Waals surface area (Å²) < 4.78 is 5.88. The lowest BCUT2D eigenvalue weighted by molar-refractivity contribution is 0.297. The number of H-pyrrole nitrogens is 1. The fourth-order valence-electron chi connectivity index (χ4n) is 2.86. The number of hydrogen-bond acceptors (Lipinski definition) is 4. The first-order valence-corrected chi connectivity index (χ1v) is 9.25. The zero-order chi connectivity index (χ0) is 19.3. The highest BCUT2D eigenvalue weighted by atomic mass is 16.5. The topological polar surface area (TPSA) is 54.0 Å². The predicted molar refractivity (Wildman–Crippen MR) is 107 cm³/mol. The summed E-state index contributed by atoms with van der Waals surface area (Å²) in [5.41, 5.74) is 4.42. The zero-order valence-electron chi connectivity index (χ0n) is 16.6. The quantitative estimate of drug-likeness (QED) is 0.679. The van der Waals surface area contributed by atoms with Gasteiger partial charge in [0.05, 0.1) is 11.4 Å². The van der Waals surface area contributed by atoms with E-state index in [-0.39, 0.29) is 5.41 Å². The third-order valence-corrected chi connectivity index (χ3v) is 4.30. The molecule has 0 aliphatic heterocycles. The Balaban J connectivity index is 1.56.